The normalized spacial score (nSPS) is 26.2. The van der Waals surface area contributed by atoms with Gasteiger partial charge in [0.2, 0.25) is 0 Å². The molecule has 1 aliphatic rings. The number of rotatable bonds is 0. The third-order valence-electron chi connectivity index (χ3n) is 1.16. The van der Waals surface area contributed by atoms with Gasteiger partial charge in [0.05, 0.1) is 5.71 Å². The molecule has 1 heterocycles. The van der Waals surface area contributed by atoms with E-state index in [9.17, 15) is 0 Å². The van der Waals surface area contributed by atoms with Crippen molar-refractivity contribution in [2.24, 2.45) is 5.16 Å². The molecule has 0 aromatic carbocycles. The average molecular weight is 131 g/mol. The molecule has 0 amide bonds. The highest BCUT2D eigenvalue weighted by atomic mass is 32.2. The third kappa shape index (κ3) is 1.40. The van der Waals surface area contributed by atoms with Crippen LogP contribution in [0, 0.1) is 0 Å². The summed E-state index contributed by atoms with van der Waals surface area (Å²) in [5.74, 6) is 2.15. The van der Waals surface area contributed by atoms with Crippen LogP contribution in [0.4, 0.5) is 0 Å². The fraction of sp³-hybridized carbons (Fsp3) is 0.800. The van der Waals surface area contributed by atoms with Crippen LogP contribution < -0.4 is 0 Å². The molecule has 1 N–H and O–H groups in total. The monoisotopic (exact) mass is 131 g/mol. The Morgan fingerprint density at radius 1 is 1.62 bits per heavy atom. The van der Waals surface area contributed by atoms with E-state index in [1.807, 2.05) is 11.8 Å². The fourth-order valence-corrected chi connectivity index (χ4v) is 1.65. The topological polar surface area (TPSA) is 32.6 Å². The molecule has 0 unspecified atom stereocenters. The van der Waals surface area contributed by atoms with Crippen molar-refractivity contribution < 1.29 is 5.21 Å². The van der Waals surface area contributed by atoms with Crippen LogP contribution in [0.2, 0.25) is 0 Å². The minimum Gasteiger partial charge on any atom is -0.411 e. The van der Waals surface area contributed by atoms with Crippen LogP contribution in [-0.2, 0) is 0 Å². The van der Waals surface area contributed by atoms with Crippen molar-refractivity contribution in [3.63, 3.8) is 0 Å². The maximum absolute atomic E-state index is 8.27. The second-order valence-corrected chi connectivity index (χ2v) is 2.93. The Balaban J connectivity index is 2.33. The van der Waals surface area contributed by atoms with E-state index >= 15 is 0 Å². The minimum absolute atomic E-state index is 0.927. The highest BCUT2D eigenvalue weighted by molar-refractivity contribution is 8.00. The van der Waals surface area contributed by atoms with Crippen LogP contribution in [0.25, 0.3) is 0 Å². The first-order valence-electron chi connectivity index (χ1n) is 2.71. The van der Waals surface area contributed by atoms with Crippen LogP contribution >= 0.6 is 11.8 Å². The quantitative estimate of drug-likeness (QED) is 0.397. The van der Waals surface area contributed by atoms with Crippen LogP contribution in [-0.4, -0.2) is 22.4 Å². The molecule has 0 radical (unpaired) electrons. The molecule has 46 valence electrons. The van der Waals surface area contributed by atoms with Gasteiger partial charge >= 0.3 is 0 Å². The Hall–Kier alpha value is -0.180. The maximum Gasteiger partial charge on any atom is 0.0669 e. The van der Waals surface area contributed by atoms with Crippen LogP contribution in [0.5, 0.6) is 0 Å². The van der Waals surface area contributed by atoms with Gasteiger partial charge in [-0.2, -0.15) is 11.8 Å². The summed E-state index contributed by atoms with van der Waals surface area (Å²) in [7, 11) is 0. The van der Waals surface area contributed by atoms with Gasteiger partial charge in [0.25, 0.3) is 0 Å². The lowest BCUT2D eigenvalue weighted by atomic mass is 10.2. The van der Waals surface area contributed by atoms with Gasteiger partial charge in [-0.25, -0.2) is 0 Å². The predicted molar refractivity (Wildman–Crippen MR) is 35.8 cm³/mol. The molecule has 0 atom stereocenters. The Kier molecular flexibility index (Phi) is 2.21. The van der Waals surface area contributed by atoms with E-state index in [1.54, 1.807) is 0 Å². The van der Waals surface area contributed by atoms with E-state index < -0.39 is 0 Å². The zero-order valence-electron chi connectivity index (χ0n) is 4.63. The summed E-state index contributed by atoms with van der Waals surface area (Å²) in [5, 5.41) is 11.4. The third-order valence-corrected chi connectivity index (χ3v) is 2.28. The lowest BCUT2D eigenvalue weighted by molar-refractivity contribution is 0.317. The number of nitrogens with zero attached hydrogens (tertiary/aromatic N) is 1. The molecule has 0 aromatic heterocycles. The fourth-order valence-electron chi connectivity index (χ4n) is 0.719. The van der Waals surface area contributed by atoms with E-state index in [-0.39, 0.29) is 0 Å². The van der Waals surface area contributed by atoms with E-state index in [1.165, 1.54) is 12.2 Å². The van der Waals surface area contributed by atoms with Gasteiger partial charge in [0.1, 0.15) is 0 Å². The summed E-state index contributed by atoms with van der Waals surface area (Å²) < 4.78 is 0. The van der Waals surface area contributed by atoms with Crippen molar-refractivity contribution in [1.82, 2.24) is 0 Å². The number of hydrogen-bond acceptors (Lipinski definition) is 3. The maximum atomic E-state index is 8.27. The lowest BCUT2D eigenvalue weighted by Crippen LogP contribution is -2.08. The molecular weight excluding hydrogens is 122 g/mol. The Bertz CT molecular complexity index is 94.6. The zero-order valence-corrected chi connectivity index (χ0v) is 5.45. The molecule has 1 rings (SSSR count). The summed E-state index contributed by atoms with van der Waals surface area (Å²) in [6.45, 7) is 0. The standard InChI is InChI=1S/C5H9NOS/c7-6-5-2-1-3-8-4-5/h7H,1-4H2. The highest BCUT2D eigenvalue weighted by Gasteiger charge is 2.05. The van der Waals surface area contributed by atoms with Gasteiger partial charge in [-0.3, -0.25) is 0 Å². The van der Waals surface area contributed by atoms with E-state index in [4.69, 9.17) is 5.21 Å². The highest BCUT2D eigenvalue weighted by Crippen LogP contribution is 2.13. The summed E-state index contributed by atoms with van der Waals surface area (Å²) in [6.07, 6.45) is 2.16. The second kappa shape index (κ2) is 2.97. The van der Waals surface area contributed by atoms with E-state index in [0.717, 1.165) is 17.9 Å². The largest absolute Gasteiger partial charge is 0.411 e. The van der Waals surface area contributed by atoms with Gasteiger partial charge in [-0.1, -0.05) is 5.16 Å². The lowest BCUT2D eigenvalue weighted by Gasteiger charge is -2.08. The number of hydrogen-bond donors (Lipinski definition) is 1. The Morgan fingerprint density at radius 2 is 2.50 bits per heavy atom. The first-order chi connectivity index (χ1) is 3.93. The molecule has 2 nitrogen and oxygen atoms in total. The molecule has 0 aromatic rings. The number of oxime groups is 1. The predicted octanol–water partition coefficient (Wildman–Crippen LogP) is 1.34. The van der Waals surface area contributed by atoms with Gasteiger partial charge < -0.3 is 5.21 Å². The number of thioether (sulfide) groups is 1. The summed E-state index contributed by atoms with van der Waals surface area (Å²) in [5.41, 5.74) is 0.946. The van der Waals surface area contributed by atoms with Crippen molar-refractivity contribution in [3.8, 4) is 0 Å². The SMILES string of the molecule is ON=C1CCCSC1. The van der Waals surface area contributed by atoms with E-state index in [2.05, 4.69) is 5.16 Å². The van der Waals surface area contributed by atoms with Crippen molar-refractivity contribution >= 4 is 17.5 Å². The van der Waals surface area contributed by atoms with Crippen molar-refractivity contribution in [3.05, 3.63) is 0 Å². The molecule has 1 fully saturated rings. The molecule has 0 bridgehead atoms. The van der Waals surface area contributed by atoms with Gasteiger partial charge in [-0.15, -0.1) is 0 Å². The van der Waals surface area contributed by atoms with Gasteiger partial charge in [0.15, 0.2) is 0 Å². The summed E-state index contributed by atoms with van der Waals surface area (Å²) in [6, 6.07) is 0. The van der Waals surface area contributed by atoms with Crippen LogP contribution in [0.15, 0.2) is 5.16 Å². The Morgan fingerprint density at radius 3 is 2.88 bits per heavy atom. The smallest absolute Gasteiger partial charge is 0.0669 e. The molecule has 0 aliphatic carbocycles. The van der Waals surface area contributed by atoms with E-state index in [0.29, 0.717) is 0 Å². The van der Waals surface area contributed by atoms with Crippen molar-refractivity contribution in [1.29, 1.82) is 0 Å². The summed E-state index contributed by atoms with van der Waals surface area (Å²) >= 11 is 1.84. The first kappa shape index (κ1) is 5.95. The molecule has 0 spiro atoms. The molecule has 8 heavy (non-hydrogen) atoms. The zero-order chi connectivity index (χ0) is 5.82. The van der Waals surface area contributed by atoms with Crippen molar-refractivity contribution in [2.45, 2.75) is 12.8 Å². The van der Waals surface area contributed by atoms with Crippen molar-refractivity contribution in [2.75, 3.05) is 11.5 Å². The van der Waals surface area contributed by atoms with Gasteiger partial charge in [-0.05, 0) is 18.6 Å². The molecule has 1 saturated heterocycles. The van der Waals surface area contributed by atoms with Gasteiger partial charge in [0, 0.05) is 5.75 Å². The van der Waals surface area contributed by atoms with Crippen LogP contribution in [0.3, 0.4) is 0 Å². The summed E-state index contributed by atoms with van der Waals surface area (Å²) in [4.78, 5) is 0. The second-order valence-electron chi connectivity index (χ2n) is 1.82. The molecular formula is C5H9NOS. The molecule has 1 aliphatic heterocycles. The Labute approximate surface area is 53.0 Å². The first-order valence-corrected chi connectivity index (χ1v) is 3.86. The minimum atomic E-state index is 0.927. The van der Waals surface area contributed by atoms with Crippen LogP contribution in [0.1, 0.15) is 12.8 Å². The molecule has 0 saturated carbocycles. The molecule has 3 heteroatoms. The average Bonchev–Trinajstić information content (AvgIpc) is 1.90.